The van der Waals surface area contributed by atoms with Crippen LogP contribution in [0.3, 0.4) is 0 Å². The minimum atomic E-state index is 0.406. The summed E-state index contributed by atoms with van der Waals surface area (Å²) in [5, 5.41) is 18.1. The maximum Gasteiger partial charge on any atom is 0.253 e. The van der Waals surface area contributed by atoms with E-state index >= 15 is 0 Å². The van der Waals surface area contributed by atoms with Crippen LogP contribution in [-0.2, 0) is 6.54 Å². The molecule has 31 heavy (non-hydrogen) atoms. The van der Waals surface area contributed by atoms with Crippen molar-refractivity contribution in [2.75, 3.05) is 5.01 Å². The first kappa shape index (κ1) is 20.2. The zero-order valence-electron chi connectivity index (χ0n) is 17.1. The summed E-state index contributed by atoms with van der Waals surface area (Å²) in [7, 11) is 0. The molecular weight excluding hydrogens is 451 g/mol. The Kier molecular flexibility index (Phi) is 5.04. The molecule has 9 heteroatoms. The van der Waals surface area contributed by atoms with E-state index < -0.39 is 0 Å². The fraction of sp³-hybridized carbons (Fsp3) is 0.182. The molecule has 0 fully saturated rings. The van der Waals surface area contributed by atoms with Crippen molar-refractivity contribution in [1.82, 2.24) is 19.7 Å². The molecule has 6 nitrogen and oxygen atoms in total. The van der Waals surface area contributed by atoms with Gasteiger partial charge in [0.1, 0.15) is 16.5 Å². The Bertz CT molecular complexity index is 1320. The van der Waals surface area contributed by atoms with E-state index in [0.29, 0.717) is 22.5 Å². The third-order valence-electron chi connectivity index (χ3n) is 5.27. The second kappa shape index (κ2) is 7.75. The van der Waals surface area contributed by atoms with Crippen LogP contribution in [0.1, 0.15) is 33.1 Å². The summed E-state index contributed by atoms with van der Waals surface area (Å²) in [6, 6.07) is 11.3. The van der Waals surface area contributed by atoms with Crippen LogP contribution in [0.25, 0.3) is 5.00 Å². The van der Waals surface area contributed by atoms with Crippen molar-refractivity contribution in [3.8, 4) is 5.00 Å². The van der Waals surface area contributed by atoms with Crippen LogP contribution in [0.4, 0.5) is 5.95 Å². The van der Waals surface area contributed by atoms with Crippen LogP contribution < -0.4 is 5.01 Å². The number of hydrogen-bond donors (Lipinski definition) is 0. The normalized spacial score (nSPS) is 12.9. The third-order valence-corrected chi connectivity index (χ3v) is 6.95. The van der Waals surface area contributed by atoms with Crippen molar-refractivity contribution < 1.29 is 0 Å². The fourth-order valence-electron chi connectivity index (χ4n) is 3.62. The molecule has 0 radical (unpaired) electrons. The van der Waals surface area contributed by atoms with Crippen LogP contribution in [0.15, 0.2) is 47.7 Å². The summed E-state index contributed by atoms with van der Waals surface area (Å²) >= 11 is 14.1. The number of aryl methyl sites for hydroxylation is 2. The van der Waals surface area contributed by atoms with E-state index in [1.807, 2.05) is 42.3 Å². The molecule has 0 N–H and O–H groups in total. The standard InChI is InChI=1S/C22H18Cl2N6S/c1-12-13(2)31-21-19(12)20(15-4-6-16(23)7-5-15)28-29(22-27-26-14(3)30(21)22)11-18-10-17(24)8-9-25-18/h4-10H,11H2,1-3H3. The Hall–Kier alpha value is -2.74. The second-order valence-electron chi connectivity index (χ2n) is 7.32. The molecule has 0 saturated heterocycles. The molecule has 0 saturated carbocycles. The van der Waals surface area contributed by atoms with Gasteiger partial charge in [-0.25, -0.2) is 5.01 Å². The maximum atomic E-state index is 6.19. The van der Waals surface area contributed by atoms with Crippen LogP contribution >= 0.6 is 34.5 Å². The summed E-state index contributed by atoms with van der Waals surface area (Å²) in [5.41, 5.74) is 4.90. The van der Waals surface area contributed by atoms with Gasteiger partial charge in [0.15, 0.2) is 0 Å². The summed E-state index contributed by atoms with van der Waals surface area (Å²) in [5.74, 6) is 1.44. The summed E-state index contributed by atoms with van der Waals surface area (Å²) < 4.78 is 2.07. The highest BCUT2D eigenvalue weighted by Gasteiger charge is 2.30. The number of aromatic nitrogens is 4. The highest BCUT2D eigenvalue weighted by atomic mass is 35.5. The van der Waals surface area contributed by atoms with Gasteiger partial charge in [0, 0.05) is 32.2 Å². The van der Waals surface area contributed by atoms with E-state index in [-0.39, 0.29) is 0 Å². The molecule has 3 aromatic heterocycles. The third kappa shape index (κ3) is 3.52. The average Bonchev–Trinajstić information content (AvgIpc) is 3.21. The van der Waals surface area contributed by atoms with Gasteiger partial charge in [-0.3, -0.25) is 9.55 Å². The Labute approximate surface area is 193 Å². The number of anilines is 1. The molecule has 0 unspecified atom stereocenters. The number of halogens is 2. The zero-order chi connectivity index (χ0) is 21.7. The number of hydrogen-bond acceptors (Lipinski definition) is 6. The van der Waals surface area contributed by atoms with E-state index in [1.54, 1.807) is 23.6 Å². The van der Waals surface area contributed by atoms with Crippen molar-refractivity contribution in [3.05, 3.63) is 85.7 Å². The van der Waals surface area contributed by atoms with Gasteiger partial charge >= 0.3 is 0 Å². The first-order valence-corrected chi connectivity index (χ1v) is 11.2. The molecular formula is C22H18Cl2N6S. The summed E-state index contributed by atoms with van der Waals surface area (Å²) in [6.07, 6.45) is 1.69. The lowest BCUT2D eigenvalue weighted by molar-refractivity contribution is 0.780. The summed E-state index contributed by atoms with van der Waals surface area (Å²) in [4.78, 5) is 5.69. The lowest BCUT2D eigenvalue weighted by Gasteiger charge is -2.17. The monoisotopic (exact) mass is 468 g/mol. The molecule has 0 atom stereocenters. The quantitative estimate of drug-likeness (QED) is 0.385. The molecule has 0 bridgehead atoms. The smallest absolute Gasteiger partial charge is 0.253 e. The molecule has 1 aliphatic heterocycles. The number of fused-ring (bicyclic) bond motifs is 3. The van der Waals surface area contributed by atoms with Gasteiger partial charge < -0.3 is 0 Å². The van der Waals surface area contributed by atoms with Crippen molar-refractivity contribution >= 4 is 46.2 Å². The molecule has 5 rings (SSSR count). The van der Waals surface area contributed by atoms with Crippen molar-refractivity contribution in [2.45, 2.75) is 27.3 Å². The fourth-order valence-corrected chi connectivity index (χ4v) is 5.13. The van der Waals surface area contributed by atoms with Gasteiger partial charge in [0.25, 0.3) is 5.95 Å². The molecule has 1 aromatic carbocycles. The molecule has 0 aliphatic carbocycles. The minimum absolute atomic E-state index is 0.406. The Morgan fingerprint density at radius 3 is 2.48 bits per heavy atom. The lowest BCUT2D eigenvalue weighted by atomic mass is 10.00. The van der Waals surface area contributed by atoms with Crippen molar-refractivity contribution in [2.24, 2.45) is 5.10 Å². The number of pyridine rings is 1. The number of thiophene rings is 1. The first-order chi connectivity index (χ1) is 14.9. The minimum Gasteiger partial charge on any atom is -0.259 e. The van der Waals surface area contributed by atoms with Crippen LogP contribution in [0.5, 0.6) is 0 Å². The van der Waals surface area contributed by atoms with E-state index in [9.17, 15) is 0 Å². The molecule has 4 aromatic rings. The largest absolute Gasteiger partial charge is 0.259 e. The van der Waals surface area contributed by atoms with Gasteiger partial charge in [-0.1, -0.05) is 35.3 Å². The van der Waals surface area contributed by atoms with E-state index in [4.69, 9.17) is 28.3 Å². The Morgan fingerprint density at radius 2 is 1.74 bits per heavy atom. The zero-order valence-corrected chi connectivity index (χ0v) is 19.4. The molecule has 156 valence electrons. The van der Waals surface area contributed by atoms with Gasteiger partial charge in [-0.05, 0) is 50.6 Å². The topological polar surface area (TPSA) is 59.2 Å². The van der Waals surface area contributed by atoms with Gasteiger partial charge in [0.05, 0.1) is 12.2 Å². The average molecular weight is 469 g/mol. The first-order valence-electron chi connectivity index (χ1n) is 9.67. The Balaban J connectivity index is 1.75. The molecule has 0 amide bonds. The highest BCUT2D eigenvalue weighted by molar-refractivity contribution is 7.15. The van der Waals surface area contributed by atoms with Gasteiger partial charge in [0.2, 0.25) is 0 Å². The predicted octanol–water partition coefficient (Wildman–Crippen LogP) is 5.73. The summed E-state index contributed by atoms with van der Waals surface area (Å²) in [6.45, 7) is 6.61. The van der Waals surface area contributed by atoms with Crippen LogP contribution in [-0.4, -0.2) is 25.5 Å². The van der Waals surface area contributed by atoms with E-state index in [2.05, 4.69) is 33.6 Å². The molecule has 4 heterocycles. The number of hydrazone groups is 1. The number of benzene rings is 1. The van der Waals surface area contributed by atoms with E-state index in [0.717, 1.165) is 33.4 Å². The van der Waals surface area contributed by atoms with Crippen LogP contribution in [0, 0.1) is 20.8 Å². The molecule has 0 spiro atoms. The van der Waals surface area contributed by atoms with Crippen LogP contribution in [0.2, 0.25) is 10.0 Å². The number of nitrogens with zero attached hydrogens (tertiary/aromatic N) is 6. The van der Waals surface area contributed by atoms with E-state index in [1.165, 1.54) is 10.4 Å². The second-order valence-corrected chi connectivity index (χ2v) is 9.40. The predicted molar refractivity (Wildman–Crippen MR) is 126 cm³/mol. The molecule has 1 aliphatic rings. The Morgan fingerprint density at radius 1 is 0.968 bits per heavy atom. The van der Waals surface area contributed by atoms with Gasteiger partial charge in [-0.15, -0.1) is 21.5 Å². The number of rotatable bonds is 3. The highest BCUT2D eigenvalue weighted by Crippen LogP contribution is 2.38. The van der Waals surface area contributed by atoms with Crippen molar-refractivity contribution in [1.29, 1.82) is 0 Å². The van der Waals surface area contributed by atoms with Gasteiger partial charge in [-0.2, -0.15) is 5.10 Å². The SMILES string of the molecule is Cc1sc2c(c1C)C(c1ccc(Cl)cc1)=NN(Cc1cc(Cl)ccn1)c1nnc(C)n1-2. The maximum absolute atomic E-state index is 6.19. The van der Waals surface area contributed by atoms with Crippen molar-refractivity contribution in [3.63, 3.8) is 0 Å². The lowest BCUT2D eigenvalue weighted by Crippen LogP contribution is -2.21.